The summed E-state index contributed by atoms with van der Waals surface area (Å²) in [6.45, 7) is 1.62. The largest absolute Gasteiger partial charge is 0.459 e. The number of hydrogen-bond acceptors (Lipinski definition) is 6. The fourth-order valence-electron chi connectivity index (χ4n) is 1.64. The molecule has 20 heavy (non-hydrogen) atoms. The van der Waals surface area contributed by atoms with Crippen LogP contribution in [-0.2, 0) is 14.3 Å². The molecule has 0 aliphatic heterocycles. The van der Waals surface area contributed by atoms with E-state index in [0.717, 1.165) is 11.3 Å². The molecular formula is C12H10N2O5S. The molecule has 0 saturated carbocycles. The van der Waals surface area contributed by atoms with E-state index in [1.54, 1.807) is 31.2 Å². The molecule has 1 N–H and O–H groups in total. The Kier molecular flexibility index (Phi) is 3.94. The molecule has 2 aromatic rings. The number of fused-ring (bicyclic) bond motifs is 1. The predicted molar refractivity (Wildman–Crippen MR) is 73.7 cm³/mol. The molecule has 0 bridgehead atoms. The molecule has 1 aromatic heterocycles. The third-order valence-corrected chi connectivity index (χ3v) is 3.56. The Morgan fingerprint density at radius 2 is 2.10 bits per heavy atom. The molecule has 0 radical (unpaired) electrons. The molecule has 0 aliphatic rings. The Morgan fingerprint density at radius 3 is 2.75 bits per heavy atom. The van der Waals surface area contributed by atoms with E-state index in [2.05, 4.69) is 10.1 Å². The first kappa shape index (κ1) is 13.9. The Hall–Kier alpha value is -2.48. The number of rotatable bonds is 3. The van der Waals surface area contributed by atoms with Crippen molar-refractivity contribution < 1.29 is 19.2 Å². The molecule has 2 rings (SSSR count). The number of esters is 1. The molecule has 0 spiro atoms. The average Bonchev–Trinajstić information content (AvgIpc) is 2.78. The highest BCUT2D eigenvalue weighted by Crippen LogP contribution is 2.41. The minimum Gasteiger partial charge on any atom is -0.459 e. The number of amides is 1. The van der Waals surface area contributed by atoms with Crippen LogP contribution in [0, 0.1) is 10.1 Å². The topological polar surface area (TPSA) is 98.5 Å². The van der Waals surface area contributed by atoms with Gasteiger partial charge in [-0.05, 0) is 13.0 Å². The van der Waals surface area contributed by atoms with Crippen molar-refractivity contribution in [2.45, 2.75) is 6.92 Å². The number of ether oxygens (including phenoxy) is 1. The minimum atomic E-state index is -1.07. The van der Waals surface area contributed by atoms with Gasteiger partial charge >= 0.3 is 16.9 Å². The standard InChI is InChI=1S/C12H10N2O5S/c1-2-19-12(16)10(15)13-9-7-5-3-4-6-8(7)20-11(9)14(17)18/h3-6H,2H2,1H3,(H,13,15). The van der Waals surface area contributed by atoms with Crippen LogP contribution in [0.25, 0.3) is 10.1 Å². The summed E-state index contributed by atoms with van der Waals surface area (Å²) in [6.07, 6.45) is 0. The number of benzene rings is 1. The number of nitrogens with one attached hydrogen (secondary N) is 1. The summed E-state index contributed by atoms with van der Waals surface area (Å²) in [5.41, 5.74) is 0.0219. The smallest absolute Gasteiger partial charge is 0.397 e. The number of hydrogen-bond donors (Lipinski definition) is 1. The second-order valence-electron chi connectivity index (χ2n) is 3.71. The van der Waals surface area contributed by atoms with Crippen molar-refractivity contribution in [3.8, 4) is 0 Å². The summed E-state index contributed by atoms with van der Waals surface area (Å²) in [5.74, 6) is -2.10. The number of carbonyl (C=O) groups excluding carboxylic acids is 2. The van der Waals surface area contributed by atoms with Crippen molar-refractivity contribution in [1.82, 2.24) is 0 Å². The van der Waals surface area contributed by atoms with E-state index in [0.29, 0.717) is 10.1 Å². The predicted octanol–water partition coefficient (Wildman–Crippen LogP) is 2.31. The molecule has 0 saturated heterocycles. The molecule has 0 atom stereocenters. The Morgan fingerprint density at radius 1 is 1.40 bits per heavy atom. The van der Waals surface area contributed by atoms with Crippen molar-refractivity contribution in [1.29, 1.82) is 0 Å². The summed E-state index contributed by atoms with van der Waals surface area (Å²) in [6, 6.07) is 6.77. The van der Waals surface area contributed by atoms with E-state index >= 15 is 0 Å². The second-order valence-corrected chi connectivity index (χ2v) is 4.74. The van der Waals surface area contributed by atoms with Gasteiger partial charge in [-0.3, -0.25) is 14.9 Å². The first-order valence-electron chi connectivity index (χ1n) is 5.68. The van der Waals surface area contributed by atoms with Crippen LogP contribution in [-0.4, -0.2) is 23.4 Å². The number of anilines is 1. The lowest BCUT2D eigenvalue weighted by atomic mass is 10.2. The molecule has 1 aromatic carbocycles. The van der Waals surface area contributed by atoms with E-state index in [1.807, 2.05) is 0 Å². The number of thiophene rings is 1. The van der Waals surface area contributed by atoms with Gasteiger partial charge in [0.15, 0.2) is 0 Å². The van der Waals surface area contributed by atoms with Gasteiger partial charge in [0, 0.05) is 10.1 Å². The highest BCUT2D eigenvalue weighted by atomic mass is 32.1. The number of nitrogens with zero attached hydrogens (tertiary/aromatic N) is 1. The maximum atomic E-state index is 11.6. The van der Waals surface area contributed by atoms with Crippen molar-refractivity contribution in [2.24, 2.45) is 0 Å². The Balaban J connectivity index is 2.42. The van der Waals surface area contributed by atoms with Gasteiger partial charge < -0.3 is 10.1 Å². The van der Waals surface area contributed by atoms with Gasteiger partial charge in [0.05, 0.1) is 11.5 Å². The fraction of sp³-hybridized carbons (Fsp3) is 0.167. The van der Waals surface area contributed by atoms with Gasteiger partial charge in [0.2, 0.25) is 0 Å². The van der Waals surface area contributed by atoms with Crippen molar-refractivity contribution in [3.05, 3.63) is 34.4 Å². The Labute approximate surface area is 117 Å². The molecule has 7 nitrogen and oxygen atoms in total. The molecule has 104 valence electrons. The molecule has 0 fully saturated rings. The average molecular weight is 294 g/mol. The fourth-order valence-corrected chi connectivity index (χ4v) is 2.62. The van der Waals surface area contributed by atoms with Crippen LogP contribution < -0.4 is 5.32 Å². The highest BCUT2D eigenvalue weighted by molar-refractivity contribution is 7.23. The third kappa shape index (κ3) is 2.59. The summed E-state index contributed by atoms with van der Waals surface area (Å²) in [7, 11) is 0. The van der Waals surface area contributed by atoms with Crippen LogP contribution in [0.4, 0.5) is 10.7 Å². The lowest BCUT2D eigenvalue weighted by Gasteiger charge is -2.03. The van der Waals surface area contributed by atoms with Gasteiger partial charge in [0.1, 0.15) is 5.69 Å². The molecule has 1 heterocycles. The second kappa shape index (κ2) is 5.66. The molecule has 0 aliphatic carbocycles. The quantitative estimate of drug-likeness (QED) is 0.405. The first-order valence-corrected chi connectivity index (χ1v) is 6.50. The highest BCUT2D eigenvalue weighted by Gasteiger charge is 2.25. The number of nitro groups is 1. The van der Waals surface area contributed by atoms with Gasteiger partial charge in [-0.25, -0.2) is 4.79 Å². The van der Waals surface area contributed by atoms with E-state index < -0.39 is 16.8 Å². The molecule has 8 heteroatoms. The van der Waals surface area contributed by atoms with Crippen molar-refractivity contribution in [2.75, 3.05) is 11.9 Å². The van der Waals surface area contributed by atoms with E-state index in [-0.39, 0.29) is 17.3 Å². The SMILES string of the molecule is CCOC(=O)C(=O)Nc1c([N+](=O)[O-])sc2ccccc12. The third-order valence-electron chi connectivity index (χ3n) is 2.44. The van der Waals surface area contributed by atoms with Crippen LogP contribution in [0.1, 0.15) is 6.92 Å². The molecular weight excluding hydrogens is 284 g/mol. The van der Waals surface area contributed by atoms with Crippen LogP contribution in [0.5, 0.6) is 0 Å². The van der Waals surface area contributed by atoms with Gasteiger partial charge in [0.25, 0.3) is 0 Å². The van der Waals surface area contributed by atoms with E-state index in [4.69, 9.17) is 0 Å². The molecule has 0 unspecified atom stereocenters. The lowest BCUT2D eigenvalue weighted by molar-refractivity contribution is -0.379. The zero-order valence-corrected chi connectivity index (χ0v) is 11.2. The maximum absolute atomic E-state index is 11.6. The van der Waals surface area contributed by atoms with Crippen molar-refractivity contribution in [3.63, 3.8) is 0 Å². The summed E-state index contributed by atoms with van der Waals surface area (Å²) < 4.78 is 5.20. The van der Waals surface area contributed by atoms with Gasteiger partial charge in [-0.1, -0.05) is 29.5 Å². The summed E-state index contributed by atoms with van der Waals surface area (Å²) >= 11 is 0.933. The molecule has 1 amide bonds. The number of carbonyl (C=O) groups is 2. The van der Waals surface area contributed by atoms with Gasteiger partial charge in [-0.15, -0.1) is 0 Å². The summed E-state index contributed by atoms with van der Waals surface area (Å²) in [4.78, 5) is 33.3. The maximum Gasteiger partial charge on any atom is 0.397 e. The lowest BCUT2D eigenvalue weighted by Crippen LogP contribution is -2.25. The monoisotopic (exact) mass is 294 g/mol. The zero-order valence-electron chi connectivity index (χ0n) is 10.4. The van der Waals surface area contributed by atoms with E-state index in [9.17, 15) is 19.7 Å². The normalized spacial score (nSPS) is 10.2. The van der Waals surface area contributed by atoms with Crippen LogP contribution in [0.2, 0.25) is 0 Å². The van der Waals surface area contributed by atoms with Crippen molar-refractivity contribution >= 4 is 44.0 Å². The Bertz CT molecular complexity index is 694. The minimum absolute atomic E-state index is 0.0219. The first-order chi connectivity index (χ1) is 9.54. The van der Waals surface area contributed by atoms with Gasteiger partial charge in [-0.2, -0.15) is 0 Å². The van der Waals surface area contributed by atoms with Crippen LogP contribution >= 0.6 is 11.3 Å². The zero-order chi connectivity index (χ0) is 14.7. The van der Waals surface area contributed by atoms with Crippen LogP contribution in [0.15, 0.2) is 24.3 Å². The summed E-state index contributed by atoms with van der Waals surface area (Å²) in [5, 5.41) is 13.6. The van der Waals surface area contributed by atoms with Crippen LogP contribution in [0.3, 0.4) is 0 Å². The van der Waals surface area contributed by atoms with E-state index in [1.165, 1.54) is 0 Å².